The van der Waals surface area contributed by atoms with Crippen LogP contribution in [0.2, 0.25) is 0 Å². The van der Waals surface area contributed by atoms with Crippen LogP contribution in [-0.2, 0) is 0 Å². The number of hydrogen-bond acceptors (Lipinski definition) is 2. The minimum atomic E-state index is -0.344. The molecule has 2 aromatic rings. The molecule has 0 aliphatic heterocycles. The molecule has 0 aliphatic carbocycles. The summed E-state index contributed by atoms with van der Waals surface area (Å²) in [4.78, 5) is 18.0. The van der Waals surface area contributed by atoms with Crippen LogP contribution in [0.3, 0.4) is 0 Å². The van der Waals surface area contributed by atoms with Gasteiger partial charge in [-0.05, 0) is 24.6 Å². The second-order valence-corrected chi connectivity index (χ2v) is 4.61. The summed E-state index contributed by atoms with van der Waals surface area (Å²) in [6, 6.07) is 7.87. The van der Waals surface area contributed by atoms with Gasteiger partial charge < -0.3 is 4.90 Å². The van der Waals surface area contributed by atoms with Gasteiger partial charge in [-0.1, -0.05) is 19.4 Å². The molecule has 1 aromatic heterocycles. The number of halogens is 1. The number of pyridine rings is 1. The third kappa shape index (κ3) is 3.08. The number of nitrogens with zero attached hydrogens (tertiary/aromatic N) is 2. The second kappa shape index (κ2) is 5.78. The Kier molecular flexibility index (Phi) is 4.10. The molecule has 0 bridgehead atoms. The van der Waals surface area contributed by atoms with Crippen LogP contribution in [0.1, 0.15) is 30.3 Å². The Morgan fingerprint density at radius 3 is 2.79 bits per heavy atom. The summed E-state index contributed by atoms with van der Waals surface area (Å²) < 4.78 is 13.2. The molecule has 0 atom stereocenters. The molecule has 0 spiro atoms. The van der Waals surface area contributed by atoms with E-state index in [0.717, 1.165) is 18.2 Å². The molecule has 0 fully saturated rings. The maximum absolute atomic E-state index is 13.2. The molecule has 0 unspecified atom stereocenters. The van der Waals surface area contributed by atoms with E-state index >= 15 is 0 Å². The molecule has 1 amide bonds. The lowest BCUT2D eigenvalue weighted by atomic mass is 10.2. The lowest BCUT2D eigenvalue weighted by Crippen LogP contribution is -2.28. The van der Waals surface area contributed by atoms with Gasteiger partial charge in [0.15, 0.2) is 0 Å². The first-order valence-electron chi connectivity index (χ1n) is 6.43. The van der Waals surface area contributed by atoms with Crippen molar-refractivity contribution in [1.29, 1.82) is 0 Å². The highest BCUT2D eigenvalue weighted by Crippen LogP contribution is 2.15. The molecule has 0 aliphatic rings. The number of carbonyl (C=O) groups excluding carboxylic acids is 1. The predicted octanol–water partition coefficient (Wildman–Crippen LogP) is 3.25. The van der Waals surface area contributed by atoms with Gasteiger partial charge in [0.05, 0.1) is 5.52 Å². The quantitative estimate of drug-likeness (QED) is 0.845. The fourth-order valence-electron chi connectivity index (χ4n) is 1.90. The number of amides is 1. The smallest absolute Gasteiger partial charge is 0.272 e. The molecule has 0 saturated carbocycles. The summed E-state index contributed by atoms with van der Waals surface area (Å²) in [5.41, 5.74) is 0.867. The molecule has 19 heavy (non-hydrogen) atoms. The molecule has 0 radical (unpaired) electrons. The Balaban J connectivity index is 2.27. The number of aromatic nitrogens is 1. The molecular formula is C15H17FN2O. The Hall–Kier alpha value is -1.97. The van der Waals surface area contributed by atoms with E-state index in [1.807, 2.05) is 0 Å². The van der Waals surface area contributed by atoms with E-state index in [2.05, 4.69) is 11.9 Å². The predicted molar refractivity (Wildman–Crippen MR) is 73.6 cm³/mol. The Morgan fingerprint density at radius 1 is 1.32 bits per heavy atom. The van der Waals surface area contributed by atoms with Crippen LogP contribution in [0.4, 0.5) is 4.39 Å². The van der Waals surface area contributed by atoms with E-state index in [1.54, 1.807) is 30.1 Å². The average Bonchev–Trinajstić information content (AvgIpc) is 2.43. The minimum Gasteiger partial charge on any atom is -0.340 e. The molecule has 0 saturated heterocycles. The Bertz CT molecular complexity index is 598. The van der Waals surface area contributed by atoms with Gasteiger partial charge in [-0.15, -0.1) is 0 Å². The summed E-state index contributed by atoms with van der Waals surface area (Å²) in [6.07, 6.45) is 2.00. The van der Waals surface area contributed by atoms with Crippen LogP contribution in [0.15, 0.2) is 30.3 Å². The van der Waals surface area contributed by atoms with Crippen molar-refractivity contribution in [1.82, 2.24) is 9.88 Å². The fraction of sp³-hybridized carbons (Fsp3) is 0.333. The van der Waals surface area contributed by atoms with Crippen LogP contribution in [0.25, 0.3) is 10.9 Å². The van der Waals surface area contributed by atoms with Crippen molar-refractivity contribution in [2.75, 3.05) is 13.6 Å². The lowest BCUT2D eigenvalue weighted by molar-refractivity contribution is 0.0788. The van der Waals surface area contributed by atoms with E-state index in [9.17, 15) is 9.18 Å². The first kappa shape index (κ1) is 13.5. The van der Waals surface area contributed by atoms with Crippen molar-refractivity contribution in [2.45, 2.75) is 19.8 Å². The molecule has 0 N–H and O–H groups in total. The van der Waals surface area contributed by atoms with E-state index in [1.165, 1.54) is 12.1 Å². The van der Waals surface area contributed by atoms with E-state index in [-0.39, 0.29) is 11.7 Å². The summed E-state index contributed by atoms with van der Waals surface area (Å²) in [6.45, 7) is 2.79. The van der Waals surface area contributed by atoms with E-state index < -0.39 is 0 Å². The van der Waals surface area contributed by atoms with Gasteiger partial charge in [0.1, 0.15) is 11.5 Å². The van der Waals surface area contributed by atoms with Crippen molar-refractivity contribution in [2.24, 2.45) is 0 Å². The Morgan fingerprint density at radius 2 is 2.05 bits per heavy atom. The molecule has 4 heteroatoms. The highest BCUT2D eigenvalue weighted by atomic mass is 19.1. The molecule has 2 rings (SSSR count). The third-order valence-corrected chi connectivity index (χ3v) is 3.07. The number of rotatable bonds is 4. The normalized spacial score (nSPS) is 10.7. The molecule has 1 aromatic carbocycles. The van der Waals surface area contributed by atoms with Gasteiger partial charge in [-0.2, -0.15) is 0 Å². The van der Waals surface area contributed by atoms with Crippen molar-refractivity contribution in [3.63, 3.8) is 0 Å². The number of carbonyl (C=O) groups is 1. The summed E-state index contributed by atoms with van der Waals surface area (Å²) in [7, 11) is 1.76. The zero-order valence-electron chi connectivity index (χ0n) is 11.2. The molecule has 3 nitrogen and oxygen atoms in total. The lowest BCUT2D eigenvalue weighted by Gasteiger charge is -2.16. The van der Waals surface area contributed by atoms with Gasteiger partial charge in [-0.25, -0.2) is 9.37 Å². The molecule has 1 heterocycles. The van der Waals surface area contributed by atoms with Crippen LogP contribution in [-0.4, -0.2) is 29.4 Å². The number of hydrogen-bond donors (Lipinski definition) is 0. The van der Waals surface area contributed by atoms with Gasteiger partial charge in [-0.3, -0.25) is 4.79 Å². The topological polar surface area (TPSA) is 33.2 Å². The van der Waals surface area contributed by atoms with Crippen LogP contribution in [0, 0.1) is 5.82 Å². The third-order valence-electron chi connectivity index (χ3n) is 3.07. The second-order valence-electron chi connectivity index (χ2n) is 4.61. The van der Waals surface area contributed by atoms with Crippen molar-refractivity contribution < 1.29 is 9.18 Å². The highest BCUT2D eigenvalue weighted by Gasteiger charge is 2.13. The maximum Gasteiger partial charge on any atom is 0.272 e. The van der Waals surface area contributed by atoms with Gasteiger partial charge in [0.25, 0.3) is 5.91 Å². The van der Waals surface area contributed by atoms with Crippen LogP contribution < -0.4 is 0 Å². The van der Waals surface area contributed by atoms with Crippen molar-refractivity contribution in [3.8, 4) is 0 Å². The number of benzene rings is 1. The molecular weight excluding hydrogens is 243 g/mol. The van der Waals surface area contributed by atoms with Gasteiger partial charge in [0.2, 0.25) is 0 Å². The standard InChI is InChI=1S/C15H17FN2O/c1-3-4-9-18(2)15(19)13-8-6-11-5-7-12(16)10-14(11)17-13/h5-8,10H,3-4,9H2,1-2H3. The monoisotopic (exact) mass is 260 g/mol. The SMILES string of the molecule is CCCCN(C)C(=O)c1ccc2ccc(F)cc2n1. The minimum absolute atomic E-state index is 0.125. The first-order valence-corrected chi connectivity index (χ1v) is 6.43. The molecule has 100 valence electrons. The zero-order valence-corrected chi connectivity index (χ0v) is 11.2. The van der Waals surface area contributed by atoms with Crippen molar-refractivity contribution >= 4 is 16.8 Å². The van der Waals surface area contributed by atoms with E-state index in [4.69, 9.17) is 0 Å². The first-order chi connectivity index (χ1) is 9.11. The zero-order chi connectivity index (χ0) is 13.8. The summed E-state index contributed by atoms with van der Waals surface area (Å²) >= 11 is 0. The van der Waals surface area contributed by atoms with Crippen LogP contribution >= 0.6 is 0 Å². The largest absolute Gasteiger partial charge is 0.340 e. The Labute approximate surface area is 112 Å². The fourth-order valence-corrected chi connectivity index (χ4v) is 1.90. The summed E-state index contributed by atoms with van der Waals surface area (Å²) in [5, 5.41) is 0.828. The number of fused-ring (bicyclic) bond motifs is 1. The maximum atomic E-state index is 13.2. The van der Waals surface area contributed by atoms with Gasteiger partial charge in [0, 0.05) is 25.0 Å². The van der Waals surface area contributed by atoms with Gasteiger partial charge >= 0.3 is 0 Å². The van der Waals surface area contributed by atoms with Crippen LogP contribution in [0.5, 0.6) is 0 Å². The van der Waals surface area contributed by atoms with Crippen molar-refractivity contribution in [3.05, 3.63) is 41.8 Å². The number of unbranched alkanes of at least 4 members (excludes halogenated alkanes) is 1. The summed E-state index contributed by atoms with van der Waals surface area (Å²) in [5.74, 6) is -0.469. The average molecular weight is 260 g/mol. The highest BCUT2D eigenvalue weighted by molar-refractivity contribution is 5.94. The van der Waals surface area contributed by atoms with E-state index in [0.29, 0.717) is 17.8 Å².